The van der Waals surface area contributed by atoms with Crippen molar-refractivity contribution in [3.63, 3.8) is 0 Å². The van der Waals surface area contributed by atoms with Gasteiger partial charge in [0.15, 0.2) is 5.78 Å². The van der Waals surface area contributed by atoms with E-state index in [1.165, 1.54) is 21.9 Å². The van der Waals surface area contributed by atoms with Gasteiger partial charge in [-0.15, -0.1) is 6.58 Å². The van der Waals surface area contributed by atoms with Crippen LogP contribution in [0.25, 0.3) is 22.4 Å². The maximum Gasteiger partial charge on any atom is 0.174 e. The van der Waals surface area contributed by atoms with Crippen molar-refractivity contribution in [2.45, 2.75) is 12.8 Å². The third-order valence-corrected chi connectivity index (χ3v) is 5.76. The van der Waals surface area contributed by atoms with E-state index in [-0.39, 0.29) is 5.78 Å². The summed E-state index contributed by atoms with van der Waals surface area (Å²) < 4.78 is 0. The molecular formula is C24H18O. The van der Waals surface area contributed by atoms with Crippen LogP contribution >= 0.6 is 0 Å². The van der Waals surface area contributed by atoms with Crippen LogP contribution in [0.1, 0.15) is 33.5 Å². The van der Waals surface area contributed by atoms with Gasteiger partial charge in [0.1, 0.15) is 0 Å². The highest BCUT2D eigenvalue weighted by Gasteiger charge is 2.50. The smallest absolute Gasteiger partial charge is 0.174 e. The SMILES string of the molecule is C=CCC12Cc3c(ccc4ccccc34)C=C1c1ccccc1C2=O. The first-order chi connectivity index (χ1) is 12.2. The summed E-state index contributed by atoms with van der Waals surface area (Å²) in [5.74, 6) is 0.243. The molecule has 0 heterocycles. The number of ketones is 1. The molecule has 1 heteroatoms. The van der Waals surface area contributed by atoms with Gasteiger partial charge in [-0.05, 0) is 52.0 Å². The quantitative estimate of drug-likeness (QED) is 0.553. The first-order valence-electron chi connectivity index (χ1n) is 8.72. The van der Waals surface area contributed by atoms with E-state index < -0.39 is 5.41 Å². The largest absolute Gasteiger partial charge is 0.293 e. The predicted molar refractivity (Wildman–Crippen MR) is 104 cm³/mol. The maximum absolute atomic E-state index is 13.4. The van der Waals surface area contributed by atoms with Gasteiger partial charge in [-0.25, -0.2) is 0 Å². The molecule has 1 nitrogen and oxygen atoms in total. The summed E-state index contributed by atoms with van der Waals surface area (Å²) in [5.41, 5.74) is 5.13. The number of Topliss-reactive ketones (excluding diaryl/α,β-unsaturated/α-hetero) is 1. The van der Waals surface area contributed by atoms with Gasteiger partial charge in [0, 0.05) is 5.56 Å². The Hall–Kier alpha value is -2.93. The van der Waals surface area contributed by atoms with Crippen LogP contribution in [0.2, 0.25) is 0 Å². The predicted octanol–water partition coefficient (Wildman–Crippen LogP) is 5.70. The summed E-state index contributed by atoms with van der Waals surface area (Å²) in [6.45, 7) is 3.95. The number of carbonyl (C=O) groups is 1. The Kier molecular flexibility index (Phi) is 2.90. The zero-order chi connectivity index (χ0) is 17.0. The van der Waals surface area contributed by atoms with Gasteiger partial charge in [-0.1, -0.05) is 66.7 Å². The van der Waals surface area contributed by atoms with Crippen LogP contribution < -0.4 is 0 Å². The van der Waals surface area contributed by atoms with E-state index in [1.54, 1.807) is 0 Å². The Morgan fingerprint density at radius 2 is 1.72 bits per heavy atom. The first-order valence-corrected chi connectivity index (χ1v) is 8.72. The number of rotatable bonds is 2. The fraction of sp³-hybridized carbons (Fsp3) is 0.125. The van der Waals surface area contributed by atoms with Gasteiger partial charge in [-0.3, -0.25) is 4.79 Å². The number of fused-ring (bicyclic) bond motifs is 6. The lowest BCUT2D eigenvalue weighted by Gasteiger charge is -2.33. The van der Waals surface area contributed by atoms with Gasteiger partial charge in [0.25, 0.3) is 0 Å². The van der Waals surface area contributed by atoms with Gasteiger partial charge in [0.05, 0.1) is 5.41 Å². The molecule has 120 valence electrons. The van der Waals surface area contributed by atoms with Crippen LogP contribution in [-0.4, -0.2) is 5.78 Å². The summed E-state index contributed by atoms with van der Waals surface area (Å²) in [5, 5.41) is 2.48. The van der Waals surface area contributed by atoms with E-state index >= 15 is 0 Å². The van der Waals surface area contributed by atoms with Crippen molar-refractivity contribution >= 4 is 28.2 Å². The Labute approximate surface area is 147 Å². The summed E-state index contributed by atoms with van der Waals surface area (Å²) >= 11 is 0. The van der Waals surface area contributed by atoms with Crippen molar-refractivity contribution in [2.75, 3.05) is 0 Å². The topological polar surface area (TPSA) is 17.1 Å². The van der Waals surface area contributed by atoms with Crippen LogP contribution in [0.3, 0.4) is 0 Å². The van der Waals surface area contributed by atoms with E-state index in [0.29, 0.717) is 6.42 Å². The summed E-state index contributed by atoms with van der Waals surface area (Å²) in [6, 6.07) is 20.8. The van der Waals surface area contributed by atoms with Crippen molar-refractivity contribution in [1.82, 2.24) is 0 Å². The third kappa shape index (κ3) is 1.81. The Morgan fingerprint density at radius 3 is 2.56 bits per heavy atom. The molecule has 25 heavy (non-hydrogen) atoms. The highest BCUT2D eigenvalue weighted by atomic mass is 16.1. The van der Waals surface area contributed by atoms with Gasteiger partial charge >= 0.3 is 0 Å². The van der Waals surface area contributed by atoms with Crippen molar-refractivity contribution in [1.29, 1.82) is 0 Å². The molecule has 3 aromatic rings. The molecule has 0 aliphatic heterocycles. The standard InChI is InChI=1S/C24H18O/c1-2-13-24-15-21-17(12-11-16-7-3-4-8-18(16)21)14-22(24)19-9-5-6-10-20(19)23(24)25/h2-12,14H,1,13,15H2. The van der Waals surface area contributed by atoms with E-state index in [1.807, 2.05) is 24.3 Å². The molecule has 0 N–H and O–H groups in total. The third-order valence-electron chi connectivity index (χ3n) is 5.76. The maximum atomic E-state index is 13.4. The molecule has 2 aliphatic rings. The van der Waals surface area contributed by atoms with Crippen molar-refractivity contribution in [3.8, 4) is 0 Å². The monoisotopic (exact) mass is 322 g/mol. The van der Waals surface area contributed by atoms with E-state index in [4.69, 9.17) is 0 Å². The van der Waals surface area contributed by atoms with Gasteiger partial charge in [0.2, 0.25) is 0 Å². The molecule has 5 rings (SSSR count). The highest BCUT2D eigenvalue weighted by molar-refractivity contribution is 6.21. The number of hydrogen-bond acceptors (Lipinski definition) is 1. The lowest BCUT2D eigenvalue weighted by atomic mass is 9.67. The minimum absolute atomic E-state index is 0.243. The minimum atomic E-state index is -0.497. The van der Waals surface area contributed by atoms with Crippen LogP contribution in [0.15, 0.2) is 73.3 Å². The van der Waals surface area contributed by atoms with E-state index in [2.05, 4.69) is 55.1 Å². The highest BCUT2D eigenvalue weighted by Crippen LogP contribution is 2.55. The number of benzene rings is 3. The second kappa shape index (κ2) is 5.03. The number of carbonyl (C=O) groups excluding carboxylic acids is 1. The van der Waals surface area contributed by atoms with Crippen LogP contribution in [-0.2, 0) is 6.42 Å². The summed E-state index contributed by atoms with van der Waals surface area (Å²) in [6.07, 6.45) is 5.55. The first kappa shape index (κ1) is 14.4. The second-order valence-corrected chi connectivity index (χ2v) is 7.04. The van der Waals surface area contributed by atoms with Crippen molar-refractivity contribution in [2.24, 2.45) is 5.41 Å². The number of allylic oxidation sites excluding steroid dienone is 2. The molecule has 0 bridgehead atoms. The van der Waals surface area contributed by atoms with Crippen molar-refractivity contribution < 1.29 is 4.79 Å². The lowest BCUT2D eigenvalue weighted by molar-refractivity contribution is 0.0876. The Balaban J connectivity index is 1.84. The van der Waals surface area contributed by atoms with Crippen LogP contribution in [0.5, 0.6) is 0 Å². The molecule has 1 unspecified atom stereocenters. The molecule has 0 radical (unpaired) electrons. The molecule has 0 spiro atoms. The number of hydrogen-bond donors (Lipinski definition) is 0. The van der Waals surface area contributed by atoms with Crippen LogP contribution in [0.4, 0.5) is 0 Å². The van der Waals surface area contributed by atoms with Crippen LogP contribution in [0, 0.1) is 5.41 Å². The molecule has 0 saturated carbocycles. The molecule has 0 saturated heterocycles. The average Bonchev–Trinajstić information content (AvgIpc) is 2.89. The molecule has 0 amide bonds. The Bertz CT molecular complexity index is 1090. The molecule has 1 atom stereocenters. The van der Waals surface area contributed by atoms with Gasteiger partial charge in [-0.2, -0.15) is 0 Å². The van der Waals surface area contributed by atoms with E-state index in [0.717, 1.165) is 23.1 Å². The molecule has 0 aromatic heterocycles. The summed E-state index contributed by atoms with van der Waals surface area (Å²) in [7, 11) is 0. The van der Waals surface area contributed by atoms with Gasteiger partial charge < -0.3 is 0 Å². The molecular weight excluding hydrogens is 304 g/mol. The zero-order valence-electron chi connectivity index (χ0n) is 14.0. The fourth-order valence-corrected chi connectivity index (χ4v) is 4.61. The average molecular weight is 322 g/mol. The minimum Gasteiger partial charge on any atom is -0.293 e. The van der Waals surface area contributed by atoms with E-state index in [9.17, 15) is 4.79 Å². The van der Waals surface area contributed by atoms with Crippen molar-refractivity contribution in [3.05, 3.63) is 95.6 Å². The molecule has 2 aliphatic carbocycles. The Morgan fingerprint density at radius 1 is 0.960 bits per heavy atom. The molecule has 0 fully saturated rings. The fourth-order valence-electron chi connectivity index (χ4n) is 4.61. The normalized spacial score (nSPS) is 20.6. The second-order valence-electron chi connectivity index (χ2n) is 7.04. The lowest BCUT2D eigenvalue weighted by Crippen LogP contribution is -2.31. The zero-order valence-corrected chi connectivity index (χ0v) is 14.0. The summed E-state index contributed by atoms with van der Waals surface area (Å²) in [4.78, 5) is 13.4. The molecule has 3 aromatic carbocycles.